The van der Waals surface area contributed by atoms with E-state index in [0.29, 0.717) is 28.6 Å². The van der Waals surface area contributed by atoms with Gasteiger partial charge in [-0.2, -0.15) is 0 Å². The summed E-state index contributed by atoms with van der Waals surface area (Å²) in [7, 11) is 0. The molecule has 1 saturated heterocycles. The van der Waals surface area contributed by atoms with Crippen LogP contribution >= 0.6 is 11.6 Å². The summed E-state index contributed by atoms with van der Waals surface area (Å²) >= 11 is 6.07. The van der Waals surface area contributed by atoms with E-state index in [0.717, 1.165) is 29.9 Å². The molecule has 4 heterocycles. The number of hydrogen-bond acceptors (Lipinski definition) is 6. The summed E-state index contributed by atoms with van der Waals surface area (Å²) in [6, 6.07) is 9.52. The van der Waals surface area contributed by atoms with Crippen LogP contribution in [0, 0.1) is 0 Å². The van der Waals surface area contributed by atoms with Crippen molar-refractivity contribution in [2.75, 3.05) is 18.0 Å². The van der Waals surface area contributed by atoms with Gasteiger partial charge >= 0.3 is 6.09 Å². The lowest BCUT2D eigenvalue weighted by molar-refractivity contribution is 0.0318. The first-order valence-corrected chi connectivity index (χ1v) is 11.6. The molecule has 0 aliphatic carbocycles. The lowest BCUT2D eigenvalue weighted by Crippen LogP contribution is -2.40. The molecular formula is C25H27ClN4O4. The molecule has 9 heteroatoms. The Balaban J connectivity index is 1.31. The number of hydrogen-bond donors (Lipinski definition) is 2. The van der Waals surface area contributed by atoms with Crippen molar-refractivity contribution in [2.45, 2.75) is 45.1 Å². The van der Waals surface area contributed by atoms with E-state index >= 15 is 0 Å². The van der Waals surface area contributed by atoms with Gasteiger partial charge in [0.1, 0.15) is 17.0 Å². The highest BCUT2D eigenvalue weighted by Gasteiger charge is 2.28. The number of fused-ring (bicyclic) bond motifs is 2. The molecule has 2 N–H and O–H groups in total. The van der Waals surface area contributed by atoms with Crippen molar-refractivity contribution < 1.29 is 19.4 Å². The molecule has 0 radical (unpaired) electrons. The van der Waals surface area contributed by atoms with Gasteiger partial charge in [-0.25, -0.2) is 9.78 Å². The first-order chi connectivity index (χ1) is 16.1. The topological polar surface area (TPSA) is 88.3 Å². The van der Waals surface area contributed by atoms with Crippen molar-refractivity contribution in [1.29, 1.82) is 0 Å². The number of nitrogens with one attached hydrogen (secondary N) is 1. The molecule has 2 aliphatic rings. The van der Waals surface area contributed by atoms with Gasteiger partial charge in [0.25, 0.3) is 0 Å². The van der Waals surface area contributed by atoms with Crippen LogP contribution in [0.3, 0.4) is 0 Å². The maximum absolute atomic E-state index is 12.1. The van der Waals surface area contributed by atoms with Crippen LogP contribution < -0.4 is 15.0 Å². The number of carbonyl (C=O) groups excluding carboxylic acids is 1. The SMILES string of the molecule is CC(C)(C)OC(=O)NC1CCN(c2ccc3c(c2)OC(O)C(c2cn4cc(Cl)ccc4n2)=C3)C1. The minimum Gasteiger partial charge on any atom is -0.460 e. The second kappa shape index (κ2) is 8.52. The minimum atomic E-state index is -1.14. The fourth-order valence-electron chi connectivity index (χ4n) is 4.25. The van der Waals surface area contributed by atoms with Gasteiger partial charge in [-0.3, -0.25) is 0 Å². The van der Waals surface area contributed by atoms with Crippen LogP contribution in [0.4, 0.5) is 10.5 Å². The highest BCUT2D eigenvalue weighted by molar-refractivity contribution is 6.30. The molecule has 2 unspecified atom stereocenters. The molecule has 34 heavy (non-hydrogen) atoms. The summed E-state index contributed by atoms with van der Waals surface area (Å²) in [5, 5.41) is 14.2. The second-order valence-corrected chi connectivity index (χ2v) is 10.0. The average molecular weight is 483 g/mol. The number of pyridine rings is 1. The predicted molar refractivity (Wildman–Crippen MR) is 131 cm³/mol. The molecule has 1 amide bonds. The van der Waals surface area contributed by atoms with Crippen molar-refractivity contribution in [3.63, 3.8) is 0 Å². The largest absolute Gasteiger partial charge is 0.460 e. The molecule has 2 aromatic heterocycles. The van der Waals surface area contributed by atoms with Gasteiger partial charge in [-0.05, 0) is 57.5 Å². The summed E-state index contributed by atoms with van der Waals surface area (Å²) in [4.78, 5) is 18.8. The molecule has 8 nitrogen and oxygen atoms in total. The maximum Gasteiger partial charge on any atom is 0.407 e. The standard InChI is InChI=1S/C25H27ClN4O4/c1-25(2,3)34-24(32)27-17-8-9-29(13-17)18-6-4-15-10-19(23(31)33-21(15)11-18)20-14-30-12-16(26)5-7-22(30)28-20/h4-7,10-12,14,17,23,31H,8-9,13H2,1-3H3,(H,27,32). The van der Waals surface area contributed by atoms with Gasteiger partial charge < -0.3 is 29.2 Å². The van der Waals surface area contributed by atoms with Gasteiger partial charge in [0.05, 0.1) is 16.8 Å². The third kappa shape index (κ3) is 4.69. The Hall–Kier alpha value is -3.23. The van der Waals surface area contributed by atoms with Crippen molar-refractivity contribution in [2.24, 2.45) is 0 Å². The number of halogens is 1. The Kier molecular flexibility index (Phi) is 5.65. The number of anilines is 1. The number of imidazole rings is 1. The van der Waals surface area contributed by atoms with E-state index in [1.165, 1.54) is 0 Å². The normalized spacial score (nSPS) is 20.0. The van der Waals surface area contributed by atoms with Crippen LogP contribution in [0.1, 0.15) is 38.4 Å². The van der Waals surface area contributed by atoms with Crippen LogP contribution in [-0.4, -0.2) is 51.6 Å². The van der Waals surface area contributed by atoms with Crippen molar-refractivity contribution in [3.05, 3.63) is 59.0 Å². The number of aliphatic hydroxyl groups excluding tert-OH is 1. The third-order valence-electron chi connectivity index (χ3n) is 5.80. The van der Waals surface area contributed by atoms with E-state index in [4.69, 9.17) is 21.1 Å². The molecule has 2 aliphatic heterocycles. The Morgan fingerprint density at radius 1 is 1.26 bits per heavy atom. The fraction of sp³-hybridized carbons (Fsp3) is 0.360. The zero-order valence-electron chi connectivity index (χ0n) is 19.3. The van der Waals surface area contributed by atoms with E-state index in [1.54, 1.807) is 12.3 Å². The van der Waals surface area contributed by atoms with Crippen LogP contribution in [-0.2, 0) is 4.74 Å². The molecule has 0 saturated carbocycles. The van der Waals surface area contributed by atoms with Gasteiger partial charge in [0.15, 0.2) is 0 Å². The molecule has 0 spiro atoms. The third-order valence-corrected chi connectivity index (χ3v) is 6.02. The molecule has 0 bridgehead atoms. The minimum absolute atomic E-state index is 0.00689. The smallest absolute Gasteiger partial charge is 0.407 e. The monoisotopic (exact) mass is 482 g/mol. The summed E-state index contributed by atoms with van der Waals surface area (Å²) in [5.74, 6) is 0.601. The first kappa shape index (κ1) is 22.6. The zero-order chi connectivity index (χ0) is 24.0. The van der Waals surface area contributed by atoms with E-state index in [1.807, 2.05) is 61.7 Å². The highest BCUT2D eigenvalue weighted by Crippen LogP contribution is 2.36. The summed E-state index contributed by atoms with van der Waals surface area (Å²) in [5.41, 5.74) is 3.25. The van der Waals surface area contributed by atoms with Crippen molar-refractivity contribution in [3.8, 4) is 5.75 Å². The Morgan fingerprint density at radius 3 is 2.88 bits per heavy atom. The average Bonchev–Trinajstić information content (AvgIpc) is 3.38. The molecular weight excluding hydrogens is 456 g/mol. The van der Waals surface area contributed by atoms with Crippen LogP contribution in [0.2, 0.25) is 5.02 Å². The lowest BCUT2D eigenvalue weighted by Gasteiger charge is -2.25. The van der Waals surface area contributed by atoms with Gasteiger partial charge in [-0.15, -0.1) is 0 Å². The molecule has 3 aromatic rings. The zero-order valence-corrected chi connectivity index (χ0v) is 20.0. The van der Waals surface area contributed by atoms with Gasteiger partial charge in [0.2, 0.25) is 6.29 Å². The lowest BCUT2D eigenvalue weighted by atomic mass is 10.0. The predicted octanol–water partition coefficient (Wildman–Crippen LogP) is 4.34. The molecule has 2 atom stereocenters. The second-order valence-electron chi connectivity index (χ2n) is 9.61. The van der Waals surface area contributed by atoms with Gasteiger partial charge in [-0.1, -0.05) is 11.6 Å². The van der Waals surface area contributed by atoms with Crippen molar-refractivity contribution in [1.82, 2.24) is 14.7 Å². The van der Waals surface area contributed by atoms with E-state index in [2.05, 4.69) is 15.2 Å². The Morgan fingerprint density at radius 2 is 2.09 bits per heavy atom. The Labute approximate surface area is 202 Å². The summed E-state index contributed by atoms with van der Waals surface area (Å²) in [6.45, 7) is 7.01. The molecule has 1 aromatic carbocycles. The van der Waals surface area contributed by atoms with Crippen LogP contribution in [0.15, 0.2) is 42.7 Å². The van der Waals surface area contributed by atoms with Crippen LogP contribution in [0.5, 0.6) is 5.75 Å². The number of benzene rings is 1. The van der Waals surface area contributed by atoms with Crippen molar-refractivity contribution >= 4 is 40.7 Å². The highest BCUT2D eigenvalue weighted by atomic mass is 35.5. The number of ether oxygens (including phenoxy) is 2. The van der Waals surface area contributed by atoms with E-state index in [9.17, 15) is 9.90 Å². The maximum atomic E-state index is 12.1. The molecule has 178 valence electrons. The number of aliphatic hydroxyl groups is 1. The number of nitrogens with zero attached hydrogens (tertiary/aromatic N) is 3. The van der Waals surface area contributed by atoms with Crippen LogP contribution in [0.25, 0.3) is 17.3 Å². The fourth-order valence-corrected chi connectivity index (χ4v) is 4.42. The Bertz CT molecular complexity index is 1280. The summed E-state index contributed by atoms with van der Waals surface area (Å²) < 4.78 is 13.0. The number of carbonyl (C=O) groups is 1. The number of alkyl carbamates (subject to hydrolysis) is 1. The quantitative estimate of drug-likeness (QED) is 0.577. The summed E-state index contributed by atoms with van der Waals surface area (Å²) in [6.07, 6.45) is 4.77. The molecule has 5 rings (SSSR count). The van der Waals surface area contributed by atoms with E-state index < -0.39 is 18.0 Å². The number of aromatic nitrogens is 2. The molecule has 1 fully saturated rings. The first-order valence-electron chi connectivity index (χ1n) is 11.2. The van der Waals surface area contributed by atoms with Gasteiger partial charge in [0, 0.05) is 48.4 Å². The number of rotatable bonds is 3. The van der Waals surface area contributed by atoms with E-state index in [-0.39, 0.29) is 6.04 Å². The number of amides is 1.